The molecule has 7 nitrogen and oxygen atoms in total. The van der Waals surface area contributed by atoms with Gasteiger partial charge in [-0.1, -0.05) is 0 Å². The molecule has 30 heavy (non-hydrogen) atoms. The minimum Gasteiger partial charge on any atom is -0.455 e. The van der Waals surface area contributed by atoms with Gasteiger partial charge in [0.2, 0.25) is 5.91 Å². The van der Waals surface area contributed by atoms with E-state index in [0.717, 1.165) is 5.56 Å². The van der Waals surface area contributed by atoms with E-state index in [1.807, 2.05) is 6.92 Å². The molecule has 0 spiro atoms. The van der Waals surface area contributed by atoms with Crippen LogP contribution in [0.4, 0.5) is 10.1 Å². The van der Waals surface area contributed by atoms with Crippen LogP contribution in [0.1, 0.15) is 28.9 Å². The first-order valence-corrected chi connectivity index (χ1v) is 10.8. The number of anilines is 1. The van der Waals surface area contributed by atoms with Crippen LogP contribution in [0, 0.1) is 5.82 Å². The smallest absolute Gasteiger partial charge is 0.255 e. The average Bonchev–Trinajstić information content (AvgIpc) is 3.03. The SMILES string of the molecule is CNC(=O)c1c(-c2ccc(F)cc2)oc2cc3c(cc12)C(C)NC(=O)CN3S(C)=O. The third-order valence-electron chi connectivity index (χ3n) is 5.11. The Balaban J connectivity index is 2.01. The Morgan fingerprint density at radius 3 is 2.63 bits per heavy atom. The van der Waals surface area contributed by atoms with Crippen molar-refractivity contribution in [2.24, 2.45) is 0 Å². The van der Waals surface area contributed by atoms with Crippen LogP contribution in [0.3, 0.4) is 0 Å². The minimum absolute atomic E-state index is 0.0558. The molecular weight excluding hydrogens is 409 g/mol. The van der Waals surface area contributed by atoms with Gasteiger partial charge in [0.15, 0.2) is 0 Å². The largest absolute Gasteiger partial charge is 0.455 e. The summed E-state index contributed by atoms with van der Waals surface area (Å²) in [7, 11) is 0.0770. The number of nitrogens with zero attached hydrogens (tertiary/aromatic N) is 1. The minimum atomic E-state index is -1.44. The van der Waals surface area contributed by atoms with E-state index < -0.39 is 16.8 Å². The zero-order chi connectivity index (χ0) is 21.6. The van der Waals surface area contributed by atoms with Crippen molar-refractivity contribution in [3.8, 4) is 11.3 Å². The highest BCUT2D eigenvalue weighted by atomic mass is 32.2. The summed E-state index contributed by atoms with van der Waals surface area (Å²) in [6.45, 7) is 1.77. The summed E-state index contributed by atoms with van der Waals surface area (Å²) in [5, 5.41) is 6.04. The normalized spacial score (nSPS) is 17.3. The molecule has 0 radical (unpaired) electrons. The number of nitrogens with one attached hydrogen (secondary N) is 2. The zero-order valence-electron chi connectivity index (χ0n) is 16.6. The van der Waals surface area contributed by atoms with E-state index in [4.69, 9.17) is 4.42 Å². The van der Waals surface area contributed by atoms with E-state index in [-0.39, 0.29) is 24.4 Å². The van der Waals surface area contributed by atoms with Crippen molar-refractivity contribution in [3.05, 3.63) is 53.3 Å². The highest BCUT2D eigenvalue weighted by Gasteiger charge is 2.30. The summed E-state index contributed by atoms with van der Waals surface area (Å²) < 4.78 is 33.2. The molecule has 2 unspecified atom stereocenters. The van der Waals surface area contributed by atoms with Gasteiger partial charge in [0.25, 0.3) is 5.91 Å². The lowest BCUT2D eigenvalue weighted by Gasteiger charge is -2.21. The first-order chi connectivity index (χ1) is 14.3. The molecule has 2 amide bonds. The summed E-state index contributed by atoms with van der Waals surface area (Å²) in [6.07, 6.45) is 1.50. The lowest BCUT2D eigenvalue weighted by atomic mass is 9.99. The Labute approximate surface area is 174 Å². The van der Waals surface area contributed by atoms with E-state index in [2.05, 4.69) is 10.6 Å². The van der Waals surface area contributed by atoms with Crippen molar-refractivity contribution < 1.29 is 22.6 Å². The number of furan rings is 1. The molecule has 0 fully saturated rings. The third-order valence-corrected chi connectivity index (χ3v) is 6.05. The molecule has 4 rings (SSSR count). The Morgan fingerprint density at radius 1 is 1.30 bits per heavy atom. The lowest BCUT2D eigenvalue weighted by Crippen LogP contribution is -2.35. The predicted molar refractivity (Wildman–Crippen MR) is 113 cm³/mol. The van der Waals surface area contributed by atoms with E-state index in [9.17, 15) is 18.2 Å². The highest BCUT2D eigenvalue weighted by Crippen LogP contribution is 2.40. The van der Waals surface area contributed by atoms with Crippen LogP contribution in [0.15, 0.2) is 40.8 Å². The Hall–Kier alpha value is -3.20. The topological polar surface area (TPSA) is 91.7 Å². The molecule has 2 atom stereocenters. The second-order valence-corrected chi connectivity index (χ2v) is 8.34. The Kier molecular flexibility index (Phi) is 5.07. The van der Waals surface area contributed by atoms with E-state index in [0.29, 0.717) is 33.5 Å². The molecule has 0 aliphatic carbocycles. The van der Waals surface area contributed by atoms with E-state index in [1.165, 1.54) is 29.7 Å². The molecule has 0 saturated heterocycles. The van der Waals surface area contributed by atoms with Crippen LogP contribution in [0.2, 0.25) is 0 Å². The van der Waals surface area contributed by atoms with Gasteiger partial charge in [-0.2, -0.15) is 0 Å². The second kappa shape index (κ2) is 7.56. The van der Waals surface area contributed by atoms with E-state index in [1.54, 1.807) is 24.3 Å². The van der Waals surface area contributed by atoms with Crippen molar-refractivity contribution in [2.45, 2.75) is 13.0 Å². The summed E-state index contributed by atoms with van der Waals surface area (Å²) in [5.74, 6) is -0.683. The molecule has 9 heteroatoms. The quantitative estimate of drug-likeness (QED) is 0.670. The van der Waals surface area contributed by atoms with Gasteiger partial charge in [0.05, 0.1) is 17.3 Å². The molecule has 0 saturated carbocycles. The molecule has 2 heterocycles. The maximum absolute atomic E-state index is 13.4. The number of carbonyl (C=O) groups excluding carboxylic acids is 2. The van der Waals surface area contributed by atoms with Crippen LogP contribution < -0.4 is 14.9 Å². The maximum atomic E-state index is 13.4. The van der Waals surface area contributed by atoms with Crippen molar-refractivity contribution >= 4 is 39.5 Å². The number of hydrogen-bond donors (Lipinski definition) is 2. The molecular formula is C21H20FN3O4S. The fourth-order valence-electron chi connectivity index (χ4n) is 3.68. The third kappa shape index (κ3) is 3.35. The highest BCUT2D eigenvalue weighted by molar-refractivity contribution is 7.85. The Bertz CT molecular complexity index is 1190. The molecule has 1 aromatic heterocycles. The van der Waals surface area contributed by atoms with Crippen molar-refractivity contribution in [3.63, 3.8) is 0 Å². The van der Waals surface area contributed by atoms with Gasteiger partial charge in [0, 0.05) is 30.3 Å². The van der Waals surface area contributed by atoms with Gasteiger partial charge in [-0.15, -0.1) is 0 Å². The standard InChI is InChI=1S/C21H20FN3O4S/c1-11-14-8-15-17(9-16(14)25(30(3)28)10-18(26)24-11)29-20(19(15)21(27)23-2)12-4-6-13(22)7-5-12/h4-9,11H,10H2,1-3H3,(H,23,27)(H,24,26). The first-order valence-electron chi connectivity index (χ1n) is 9.29. The monoisotopic (exact) mass is 429 g/mol. The van der Waals surface area contributed by atoms with Crippen molar-refractivity contribution in [1.29, 1.82) is 0 Å². The Morgan fingerprint density at radius 2 is 2.00 bits per heavy atom. The second-order valence-electron chi connectivity index (χ2n) is 7.05. The van der Waals surface area contributed by atoms with Crippen LogP contribution in [0.5, 0.6) is 0 Å². The van der Waals surface area contributed by atoms with Gasteiger partial charge < -0.3 is 15.1 Å². The number of rotatable bonds is 3. The molecule has 0 bridgehead atoms. The summed E-state index contributed by atoms with van der Waals surface area (Å²) >= 11 is 0. The van der Waals surface area contributed by atoms with Crippen molar-refractivity contribution in [1.82, 2.24) is 10.6 Å². The lowest BCUT2D eigenvalue weighted by molar-refractivity contribution is -0.120. The molecule has 1 aliphatic rings. The van der Waals surface area contributed by atoms with Crippen LogP contribution in [0.25, 0.3) is 22.3 Å². The van der Waals surface area contributed by atoms with E-state index >= 15 is 0 Å². The maximum Gasteiger partial charge on any atom is 0.255 e. The molecule has 2 aromatic carbocycles. The number of amides is 2. The van der Waals surface area contributed by atoms with Crippen LogP contribution in [-0.4, -0.2) is 35.9 Å². The number of hydrogen-bond acceptors (Lipinski definition) is 4. The average molecular weight is 429 g/mol. The molecule has 156 valence electrons. The summed E-state index contributed by atoms with van der Waals surface area (Å²) in [5.41, 5.74) is 2.59. The van der Waals surface area contributed by atoms with Gasteiger partial charge in [-0.05, 0) is 42.8 Å². The van der Waals surface area contributed by atoms with Gasteiger partial charge in [0.1, 0.15) is 34.7 Å². The van der Waals surface area contributed by atoms with Crippen molar-refractivity contribution in [2.75, 3.05) is 24.2 Å². The summed E-state index contributed by atoms with van der Waals surface area (Å²) in [6, 6.07) is 8.80. The number of benzene rings is 2. The zero-order valence-corrected chi connectivity index (χ0v) is 17.4. The molecule has 1 aliphatic heterocycles. The fourth-order valence-corrected chi connectivity index (χ4v) is 4.41. The first kappa shape index (κ1) is 20.1. The number of carbonyl (C=O) groups is 2. The van der Waals surface area contributed by atoms with Crippen LogP contribution >= 0.6 is 0 Å². The predicted octanol–water partition coefficient (Wildman–Crippen LogP) is 2.89. The van der Waals surface area contributed by atoms with Gasteiger partial charge in [-0.3, -0.25) is 13.9 Å². The fraction of sp³-hybridized carbons (Fsp3) is 0.238. The number of fused-ring (bicyclic) bond motifs is 2. The van der Waals surface area contributed by atoms with Gasteiger partial charge >= 0.3 is 0 Å². The summed E-state index contributed by atoms with van der Waals surface area (Å²) in [4.78, 5) is 24.9. The molecule has 3 aromatic rings. The van der Waals surface area contributed by atoms with Crippen LogP contribution in [-0.2, 0) is 15.8 Å². The molecule has 2 N–H and O–H groups in total. The number of halogens is 1. The van der Waals surface area contributed by atoms with Gasteiger partial charge in [-0.25, -0.2) is 8.60 Å².